The first-order chi connectivity index (χ1) is 6.74. The van der Waals surface area contributed by atoms with Crippen molar-refractivity contribution in [2.75, 3.05) is 19.6 Å². The maximum Gasteiger partial charge on any atom is 0.0540 e. The molecule has 0 amide bonds. The molecule has 0 radical (unpaired) electrons. The largest absolute Gasteiger partial charge is 0.393 e. The average molecular weight is 201 g/mol. The van der Waals surface area contributed by atoms with Crippen LogP contribution in [0.2, 0.25) is 0 Å². The number of aliphatic hydroxyl groups is 1. The van der Waals surface area contributed by atoms with E-state index in [0.717, 1.165) is 45.3 Å². The molecule has 0 aromatic rings. The Morgan fingerprint density at radius 1 is 1.00 bits per heavy atom. The molecule has 0 aromatic carbocycles. The monoisotopic (exact) mass is 201 g/mol. The molecule has 0 unspecified atom stereocenters. The first-order valence-electron chi connectivity index (χ1n) is 6.14. The third-order valence-corrected chi connectivity index (χ3v) is 2.80. The van der Waals surface area contributed by atoms with E-state index in [9.17, 15) is 5.11 Å². The van der Waals surface area contributed by atoms with Gasteiger partial charge in [0.2, 0.25) is 0 Å². The van der Waals surface area contributed by atoms with E-state index in [2.05, 4.69) is 25.7 Å². The molecule has 0 aliphatic heterocycles. The Balaban J connectivity index is 3.33. The molecule has 2 nitrogen and oxygen atoms in total. The van der Waals surface area contributed by atoms with Gasteiger partial charge in [0.1, 0.15) is 0 Å². The fourth-order valence-corrected chi connectivity index (χ4v) is 1.67. The van der Waals surface area contributed by atoms with Gasteiger partial charge in [0.05, 0.1) is 6.10 Å². The highest BCUT2D eigenvalue weighted by molar-refractivity contribution is 4.59. The van der Waals surface area contributed by atoms with Crippen LogP contribution in [0.1, 0.15) is 52.9 Å². The summed E-state index contributed by atoms with van der Waals surface area (Å²) in [6.07, 6.45) is 5.36. The predicted molar refractivity (Wildman–Crippen MR) is 62.6 cm³/mol. The molecule has 14 heavy (non-hydrogen) atoms. The molecule has 0 saturated heterocycles. The van der Waals surface area contributed by atoms with Crippen LogP contribution < -0.4 is 0 Å². The molecule has 1 N–H and O–H groups in total. The number of rotatable bonds is 9. The number of hydrogen-bond acceptors (Lipinski definition) is 2. The maximum absolute atomic E-state index is 9.62. The highest BCUT2D eigenvalue weighted by Crippen LogP contribution is 2.07. The zero-order valence-corrected chi connectivity index (χ0v) is 10.1. The Morgan fingerprint density at radius 3 is 2.07 bits per heavy atom. The van der Waals surface area contributed by atoms with E-state index in [1.165, 1.54) is 6.42 Å². The van der Waals surface area contributed by atoms with Gasteiger partial charge in [0.25, 0.3) is 0 Å². The Bertz CT molecular complexity index is 113. The Hall–Kier alpha value is -0.0800. The van der Waals surface area contributed by atoms with Crippen molar-refractivity contribution in [1.29, 1.82) is 0 Å². The number of hydrogen-bond donors (Lipinski definition) is 1. The fraction of sp³-hybridized carbons (Fsp3) is 1.00. The summed E-state index contributed by atoms with van der Waals surface area (Å²) in [5.41, 5.74) is 0. The van der Waals surface area contributed by atoms with E-state index in [1.54, 1.807) is 0 Å². The fourth-order valence-electron chi connectivity index (χ4n) is 1.67. The Kier molecular flexibility index (Phi) is 9.42. The summed E-state index contributed by atoms with van der Waals surface area (Å²) in [6.45, 7) is 9.94. The van der Waals surface area contributed by atoms with Gasteiger partial charge >= 0.3 is 0 Å². The first kappa shape index (κ1) is 13.9. The molecule has 0 aliphatic carbocycles. The predicted octanol–water partition coefficient (Wildman–Crippen LogP) is 2.66. The van der Waals surface area contributed by atoms with Crippen LogP contribution in [-0.2, 0) is 0 Å². The lowest BCUT2D eigenvalue weighted by Gasteiger charge is -2.18. The lowest BCUT2D eigenvalue weighted by molar-refractivity contribution is 0.142. The molecule has 0 aliphatic rings. The van der Waals surface area contributed by atoms with Gasteiger partial charge in [0.15, 0.2) is 0 Å². The minimum atomic E-state index is -0.0643. The second kappa shape index (κ2) is 9.47. The summed E-state index contributed by atoms with van der Waals surface area (Å²) in [5, 5.41) is 9.62. The van der Waals surface area contributed by atoms with E-state index in [4.69, 9.17) is 0 Å². The van der Waals surface area contributed by atoms with Gasteiger partial charge in [-0.2, -0.15) is 0 Å². The molecule has 0 saturated carbocycles. The Morgan fingerprint density at radius 2 is 1.57 bits per heavy atom. The molecule has 2 heteroatoms. The lowest BCUT2D eigenvalue weighted by atomic mass is 10.1. The summed E-state index contributed by atoms with van der Waals surface area (Å²) >= 11 is 0. The van der Waals surface area contributed by atoms with E-state index in [0.29, 0.717) is 0 Å². The normalized spacial score (nSPS) is 13.5. The van der Waals surface area contributed by atoms with Gasteiger partial charge in [0, 0.05) is 0 Å². The third kappa shape index (κ3) is 7.34. The SMILES string of the molecule is CCCC[C@@H](O)CCCN(CC)CC. The second-order valence-electron chi connectivity index (χ2n) is 3.97. The third-order valence-electron chi connectivity index (χ3n) is 2.80. The zero-order chi connectivity index (χ0) is 10.8. The minimum Gasteiger partial charge on any atom is -0.393 e. The molecule has 86 valence electrons. The van der Waals surface area contributed by atoms with Crippen molar-refractivity contribution in [3.8, 4) is 0 Å². The smallest absolute Gasteiger partial charge is 0.0540 e. The van der Waals surface area contributed by atoms with Crippen molar-refractivity contribution < 1.29 is 5.11 Å². The van der Waals surface area contributed by atoms with Crippen molar-refractivity contribution in [3.05, 3.63) is 0 Å². The summed E-state index contributed by atoms with van der Waals surface area (Å²) in [5.74, 6) is 0. The second-order valence-corrected chi connectivity index (χ2v) is 3.97. The summed E-state index contributed by atoms with van der Waals surface area (Å²) in [6, 6.07) is 0. The van der Waals surface area contributed by atoms with E-state index >= 15 is 0 Å². The van der Waals surface area contributed by atoms with Crippen molar-refractivity contribution in [2.24, 2.45) is 0 Å². The van der Waals surface area contributed by atoms with Gasteiger partial charge < -0.3 is 10.0 Å². The van der Waals surface area contributed by atoms with Gasteiger partial charge in [-0.05, 0) is 38.9 Å². The summed E-state index contributed by atoms with van der Waals surface area (Å²) in [7, 11) is 0. The lowest BCUT2D eigenvalue weighted by Crippen LogP contribution is -2.24. The number of aliphatic hydroxyl groups excluding tert-OH is 1. The van der Waals surface area contributed by atoms with Crippen LogP contribution in [-0.4, -0.2) is 35.7 Å². The molecule has 0 spiro atoms. The quantitative estimate of drug-likeness (QED) is 0.620. The topological polar surface area (TPSA) is 23.5 Å². The molecule has 0 bridgehead atoms. The van der Waals surface area contributed by atoms with Crippen LogP contribution in [0.3, 0.4) is 0 Å². The first-order valence-corrected chi connectivity index (χ1v) is 6.14. The van der Waals surface area contributed by atoms with Crippen molar-refractivity contribution in [1.82, 2.24) is 4.90 Å². The van der Waals surface area contributed by atoms with E-state index in [-0.39, 0.29) is 6.10 Å². The Labute approximate surface area is 89.3 Å². The van der Waals surface area contributed by atoms with Gasteiger partial charge in [-0.25, -0.2) is 0 Å². The zero-order valence-electron chi connectivity index (χ0n) is 10.1. The van der Waals surface area contributed by atoms with E-state index < -0.39 is 0 Å². The van der Waals surface area contributed by atoms with Crippen LogP contribution in [0, 0.1) is 0 Å². The van der Waals surface area contributed by atoms with Crippen LogP contribution in [0.15, 0.2) is 0 Å². The minimum absolute atomic E-state index is 0.0643. The van der Waals surface area contributed by atoms with Crippen molar-refractivity contribution in [3.63, 3.8) is 0 Å². The van der Waals surface area contributed by atoms with Gasteiger partial charge in [-0.1, -0.05) is 33.6 Å². The van der Waals surface area contributed by atoms with Crippen LogP contribution in [0.5, 0.6) is 0 Å². The maximum atomic E-state index is 9.62. The van der Waals surface area contributed by atoms with Gasteiger partial charge in [-0.15, -0.1) is 0 Å². The molecule has 0 rings (SSSR count). The molecular formula is C12H27NO. The standard InChI is InChI=1S/C12H27NO/c1-4-7-9-12(14)10-8-11-13(5-2)6-3/h12,14H,4-11H2,1-3H3/t12-/m1/s1. The van der Waals surface area contributed by atoms with Crippen LogP contribution >= 0.6 is 0 Å². The average Bonchev–Trinajstić information content (AvgIpc) is 2.21. The molecule has 0 heterocycles. The summed E-state index contributed by atoms with van der Waals surface area (Å²) in [4.78, 5) is 2.41. The van der Waals surface area contributed by atoms with Gasteiger partial charge in [-0.3, -0.25) is 0 Å². The van der Waals surface area contributed by atoms with Crippen molar-refractivity contribution >= 4 is 0 Å². The molecular weight excluding hydrogens is 174 g/mol. The number of unbranched alkanes of at least 4 members (excludes halogenated alkanes) is 1. The molecule has 0 fully saturated rings. The van der Waals surface area contributed by atoms with Crippen LogP contribution in [0.4, 0.5) is 0 Å². The highest BCUT2D eigenvalue weighted by Gasteiger charge is 2.04. The van der Waals surface area contributed by atoms with E-state index in [1.807, 2.05) is 0 Å². The molecule has 1 atom stereocenters. The van der Waals surface area contributed by atoms with Crippen molar-refractivity contribution in [2.45, 2.75) is 59.0 Å². The number of nitrogens with zero attached hydrogens (tertiary/aromatic N) is 1. The summed E-state index contributed by atoms with van der Waals surface area (Å²) < 4.78 is 0. The molecule has 0 aromatic heterocycles. The highest BCUT2D eigenvalue weighted by atomic mass is 16.3. The van der Waals surface area contributed by atoms with Crippen LogP contribution in [0.25, 0.3) is 0 Å².